The number of hydrogen-bond donors (Lipinski definition) is 0. The number of carbonyl (C=O) groups excluding carboxylic acids is 2. The predicted molar refractivity (Wildman–Crippen MR) is 120 cm³/mol. The van der Waals surface area contributed by atoms with E-state index in [0.29, 0.717) is 5.56 Å². The molecule has 11 heteroatoms. The minimum absolute atomic E-state index is 0. The van der Waals surface area contributed by atoms with Crippen molar-refractivity contribution in [2.45, 2.75) is 25.6 Å². The van der Waals surface area contributed by atoms with Gasteiger partial charge in [0.1, 0.15) is 17.2 Å². The molecule has 0 N–H and O–H groups in total. The van der Waals surface area contributed by atoms with Crippen molar-refractivity contribution >= 4 is 42.5 Å². The molecule has 0 saturated heterocycles. The van der Waals surface area contributed by atoms with Gasteiger partial charge in [-0.05, 0) is 42.8 Å². The smallest absolute Gasteiger partial charge is 0.339 e. The molecule has 0 aliphatic carbocycles. The third-order valence-electron chi connectivity index (χ3n) is 5.30. The summed E-state index contributed by atoms with van der Waals surface area (Å²) in [4.78, 5) is 31.0. The van der Waals surface area contributed by atoms with Crippen LogP contribution in [0.5, 0.6) is 0 Å². The van der Waals surface area contributed by atoms with E-state index in [9.17, 15) is 27.2 Å². The summed E-state index contributed by atoms with van der Waals surface area (Å²) < 4.78 is 54.2. The molecule has 1 aliphatic heterocycles. The van der Waals surface area contributed by atoms with Gasteiger partial charge in [-0.25, -0.2) is 4.39 Å². The standard InChI is InChI=1S/C22H16ClF4N3O2.H2S/c1-12-11-30(15-2-3-16(17(23)10-15)22(25,26)27)21(32)20-13(5-7-29(12)20)8-19(31)18-9-14(24)4-6-28-18;/h2-7,9-10,12H,8,11H2,1H3;1H2/t12-;/m0./s1. The summed E-state index contributed by atoms with van der Waals surface area (Å²) in [6, 6.07) is 6.70. The summed E-state index contributed by atoms with van der Waals surface area (Å²) in [5.41, 5.74) is -0.174. The van der Waals surface area contributed by atoms with Gasteiger partial charge in [0.15, 0.2) is 5.78 Å². The van der Waals surface area contributed by atoms with E-state index in [2.05, 4.69) is 4.98 Å². The van der Waals surface area contributed by atoms with Crippen molar-refractivity contribution < 1.29 is 27.2 Å². The van der Waals surface area contributed by atoms with Crippen LogP contribution in [0.1, 0.15) is 45.1 Å². The maximum absolute atomic E-state index is 13.4. The summed E-state index contributed by atoms with van der Waals surface area (Å²) in [6.07, 6.45) is -1.93. The van der Waals surface area contributed by atoms with Crippen molar-refractivity contribution in [1.82, 2.24) is 9.55 Å². The molecule has 0 unspecified atom stereocenters. The molecule has 5 nitrogen and oxygen atoms in total. The molecule has 0 saturated carbocycles. The summed E-state index contributed by atoms with van der Waals surface area (Å²) in [7, 11) is 0. The van der Waals surface area contributed by atoms with Crippen molar-refractivity contribution in [2.24, 2.45) is 0 Å². The van der Waals surface area contributed by atoms with Crippen LogP contribution in [-0.4, -0.2) is 27.8 Å². The number of halogens is 5. The average molecular weight is 500 g/mol. The van der Waals surface area contributed by atoms with E-state index in [1.54, 1.807) is 16.8 Å². The molecular weight excluding hydrogens is 482 g/mol. The number of nitrogens with zero attached hydrogens (tertiary/aromatic N) is 3. The number of benzene rings is 1. The van der Waals surface area contributed by atoms with Crippen molar-refractivity contribution in [1.29, 1.82) is 0 Å². The third kappa shape index (κ3) is 4.77. The van der Waals surface area contributed by atoms with Gasteiger partial charge in [-0.3, -0.25) is 14.6 Å². The van der Waals surface area contributed by atoms with Crippen LogP contribution < -0.4 is 4.90 Å². The van der Waals surface area contributed by atoms with E-state index in [-0.39, 0.29) is 49.6 Å². The van der Waals surface area contributed by atoms with Crippen molar-refractivity contribution in [3.05, 3.63) is 82.1 Å². The van der Waals surface area contributed by atoms with Gasteiger partial charge < -0.3 is 9.47 Å². The second kappa shape index (κ2) is 9.18. The Balaban J connectivity index is 0.00000306. The normalized spacial score (nSPS) is 15.8. The van der Waals surface area contributed by atoms with Crippen molar-refractivity contribution in [3.8, 4) is 0 Å². The number of fused-ring (bicyclic) bond motifs is 1. The Morgan fingerprint density at radius 1 is 1.21 bits per heavy atom. The zero-order valence-corrected chi connectivity index (χ0v) is 18.9. The number of anilines is 1. The van der Waals surface area contributed by atoms with Gasteiger partial charge in [0, 0.05) is 43.2 Å². The minimum Gasteiger partial charge on any atom is -0.339 e. The number of aromatic nitrogens is 2. The number of alkyl halides is 3. The molecule has 3 heterocycles. The van der Waals surface area contributed by atoms with Crippen LogP contribution in [-0.2, 0) is 12.6 Å². The quantitative estimate of drug-likeness (QED) is 0.354. The van der Waals surface area contributed by atoms with Gasteiger partial charge in [-0.2, -0.15) is 26.7 Å². The Morgan fingerprint density at radius 2 is 1.94 bits per heavy atom. The molecular formula is C22H18ClF4N3O2S. The summed E-state index contributed by atoms with van der Waals surface area (Å²) in [5, 5.41) is -0.510. The molecule has 2 aromatic heterocycles. The molecule has 1 atom stereocenters. The van der Waals surface area contributed by atoms with Crippen LogP contribution in [0.2, 0.25) is 5.02 Å². The molecule has 0 bridgehead atoms. The fourth-order valence-corrected chi connectivity index (χ4v) is 4.04. The molecule has 4 rings (SSSR count). The highest BCUT2D eigenvalue weighted by Crippen LogP contribution is 2.38. The Bertz CT molecular complexity index is 1230. The molecule has 1 aliphatic rings. The van der Waals surface area contributed by atoms with Crippen LogP contribution in [0.15, 0.2) is 48.8 Å². The highest BCUT2D eigenvalue weighted by molar-refractivity contribution is 7.59. The van der Waals surface area contributed by atoms with Gasteiger partial charge in [-0.15, -0.1) is 0 Å². The lowest BCUT2D eigenvalue weighted by molar-refractivity contribution is -0.137. The highest BCUT2D eigenvalue weighted by Gasteiger charge is 2.36. The molecule has 33 heavy (non-hydrogen) atoms. The highest BCUT2D eigenvalue weighted by atomic mass is 35.5. The largest absolute Gasteiger partial charge is 0.417 e. The van der Waals surface area contributed by atoms with E-state index in [1.165, 1.54) is 17.2 Å². The van der Waals surface area contributed by atoms with E-state index >= 15 is 0 Å². The lowest BCUT2D eigenvalue weighted by atomic mass is 10.0. The molecule has 174 valence electrons. The Labute approximate surface area is 198 Å². The first-order chi connectivity index (χ1) is 15.1. The fraction of sp³-hybridized carbons (Fsp3) is 0.227. The van der Waals surface area contributed by atoms with Gasteiger partial charge in [0.25, 0.3) is 5.91 Å². The maximum atomic E-state index is 13.4. The van der Waals surface area contributed by atoms with Gasteiger partial charge in [-0.1, -0.05) is 11.6 Å². The predicted octanol–water partition coefficient (Wildman–Crippen LogP) is 5.45. The maximum Gasteiger partial charge on any atom is 0.417 e. The van der Waals surface area contributed by atoms with E-state index in [1.807, 2.05) is 6.92 Å². The number of amides is 1. The van der Waals surface area contributed by atoms with Crippen LogP contribution in [0.25, 0.3) is 0 Å². The van der Waals surface area contributed by atoms with Gasteiger partial charge >= 0.3 is 6.18 Å². The first-order valence-electron chi connectivity index (χ1n) is 9.59. The number of ketones is 1. The number of pyridine rings is 1. The molecule has 3 aromatic rings. The number of rotatable bonds is 4. The van der Waals surface area contributed by atoms with Gasteiger partial charge in [0.05, 0.1) is 10.6 Å². The second-order valence-corrected chi connectivity index (χ2v) is 7.89. The van der Waals surface area contributed by atoms with Crippen LogP contribution >= 0.6 is 25.1 Å². The molecule has 0 fully saturated rings. The molecule has 1 aromatic carbocycles. The Hall–Kier alpha value is -2.85. The summed E-state index contributed by atoms with van der Waals surface area (Å²) in [5.74, 6) is -1.54. The van der Waals surface area contributed by atoms with Crippen LogP contribution in [0, 0.1) is 5.82 Å². The van der Waals surface area contributed by atoms with E-state index < -0.39 is 34.3 Å². The summed E-state index contributed by atoms with van der Waals surface area (Å²) in [6.45, 7) is 2.05. The molecule has 0 radical (unpaired) electrons. The zero-order valence-electron chi connectivity index (χ0n) is 17.2. The fourth-order valence-electron chi connectivity index (χ4n) is 3.76. The Kier molecular flexibility index (Phi) is 6.90. The van der Waals surface area contributed by atoms with Crippen molar-refractivity contribution in [3.63, 3.8) is 0 Å². The van der Waals surface area contributed by atoms with Gasteiger partial charge in [0.2, 0.25) is 0 Å². The average Bonchev–Trinajstić information content (AvgIpc) is 3.14. The number of carbonyl (C=O) groups is 2. The number of Topliss-reactive ketones (excluding diaryl/α,β-unsaturated/α-hetero) is 1. The molecule has 0 spiro atoms. The van der Waals surface area contributed by atoms with E-state index in [0.717, 1.165) is 24.3 Å². The van der Waals surface area contributed by atoms with Crippen molar-refractivity contribution in [2.75, 3.05) is 11.4 Å². The number of hydrogen-bond acceptors (Lipinski definition) is 3. The first-order valence-corrected chi connectivity index (χ1v) is 9.97. The zero-order chi connectivity index (χ0) is 23.2. The minimum atomic E-state index is -4.61. The first kappa shape index (κ1) is 24.8. The molecule has 1 amide bonds. The monoisotopic (exact) mass is 499 g/mol. The lowest BCUT2D eigenvalue weighted by Crippen LogP contribution is -2.42. The van der Waals surface area contributed by atoms with Crippen LogP contribution in [0.4, 0.5) is 23.2 Å². The Morgan fingerprint density at radius 3 is 2.58 bits per heavy atom. The SMILES string of the molecule is C[C@H]1CN(c2ccc(C(F)(F)F)c(Cl)c2)C(=O)c2c(CC(=O)c3cc(F)ccn3)ccn21.S. The van der Waals surface area contributed by atoms with Crippen LogP contribution in [0.3, 0.4) is 0 Å². The topological polar surface area (TPSA) is 55.2 Å². The lowest BCUT2D eigenvalue weighted by Gasteiger charge is -2.33. The van der Waals surface area contributed by atoms with E-state index in [4.69, 9.17) is 11.6 Å². The second-order valence-electron chi connectivity index (χ2n) is 7.48. The third-order valence-corrected chi connectivity index (χ3v) is 5.61. The summed E-state index contributed by atoms with van der Waals surface area (Å²) >= 11 is 5.83.